The van der Waals surface area contributed by atoms with Crippen molar-refractivity contribution in [1.82, 2.24) is 38.2 Å². The van der Waals surface area contributed by atoms with Gasteiger partial charge in [-0.25, -0.2) is 19.6 Å². The van der Waals surface area contributed by atoms with Crippen LogP contribution in [0.3, 0.4) is 0 Å². The summed E-state index contributed by atoms with van der Waals surface area (Å²) in [6, 6.07) is 0. The summed E-state index contributed by atoms with van der Waals surface area (Å²) in [6.07, 6.45) is 1.05. The van der Waals surface area contributed by atoms with E-state index in [1.807, 2.05) is 0 Å². The number of rotatable bonds is 4. The van der Waals surface area contributed by atoms with E-state index >= 15 is 0 Å². The zero-order valence-electron chi connectivity index (χ0n) is 18.6. The lowest BCUT2D eigenvalue weighted by molar-refractivity contribution is -0.124. The van der Waals surface area contributed by atoms with Crippen molar-refractivity contribution < 1.29 is 9.59 Å². The Labute approximate surface area is 188 Å². The van der Waals surface area contributed by atoms with Gasteiger partial charge in [0, 0.05) is 34.6 Å². The van der Waals surface area contributed by atoms with Gasteiger partial charge in [-0.2, -0.15) is 0 Å². The summed E-state index contributed by atoms with van der Waals surface area (Å²) in [5.74, 6) is -2.61. The molecule has 1 atom stereocenters. The van der Waals surface area contributed by atoms with E-state index in [0.717, 1.165) is 13.7 Å². The van der Waals surface area contributed by atoms with Crippen LogP contribution < -0.4 is 34.0 Å². The highest BCUT2D eigenvalue weighted by Gasteiger charge is 2.25. The molecule has 1 unspecified atom stereocenters. The standard InChI is InChI=1S/C11H14N6O4.C7H8N4O2/c1-16-9-6(10(20)17(2)11(16)21)14-8(15-9)4(7(13)19)3-5(12)18;1-10-5-4(8-3-9-5)6(12)11(2)7(10)13/h4H,3H2,1-2H3,(H2,12,18)(H2,13,19)(H,14,15);3H,1-2H3,(H,8,9). The largest absolute Gasteiger partial charge is 0.370 e. The van der Waals surface area contributed by atoms with E-state index in [-0.39, 0.29) is 34.7 Å². The number of aromatic amines is 2. The van der Waals surface area contributed by atoms with Gasteiger partial charge in [0.2, 0.25) is 11.8 Å². The Balaban J connectivity index is 0.000000212. The highest BCUT2D eigenvalue weighted by Crippen LogP contribution is 2.18. The SMILES string of the molecule is Cn1c(=O)c2[nH]c(C(CC(N)=O)C(N)=O)nc2n(C)c1=O.Cn1c(=O)c2[nH]cnc2n(C)c1=O. The fourth-order valence-corrected chi connectivity index (χ4v) is 3.31. The van der Waals surface area contributed by atoms with Crippen LogP contribution in [-0.2, 0) is 37.8 Å². The predicted octanol–water partition coefficient (Wildman–Crippen LogP) is -3.64. The van der Waals surface area contributed by atoms with E-state index in [2.05, 4.69) is 19.9 Å². The van der Waals surface area contributed by atoms with Crippen LogP contribution in [-0.4, -0.2) is 50.0 Å². The summed E-state index contributed by atoms with van der Waals surface area (Å²) in [5.41, 5.74) is 9.27. The summed E-state index contributed by atoms with van der Waals surface area (Å²) < 4.78 is 4.42. The van der Waals surface area contributed by atoms with Gasteiger partial charge < -0.3 is 21.4 Å². The smallest absolute Gasteiger partial charge is 0.332 e. The average molecular weight is 474 g/mol. The molecular weight excluding hydrogens is 452 g/mol. The third kappa shape index (κ3) is 3.91. The quantitative estimate of drug-likeness (QED) is 0.230. The summed E-state index contributed by atoms with van der Waals surface area (Å²) >= 11 is 0. The molecule has 2 amide bonds. The monoisotopic (exact) mass is 474 g/mol. The van der Waals surface area contributed by atoms with Crippen molar-refractivity contribution in [2.75, 3.05) is 0 Å². The first-order valence-electron chi connectivity index (χ1n) is 9.69. The topological polar surface area (TPSA) is 232 Å². The maximum absolute atomic E-state index is 12.0. The van der Waals surface area contributed by atoms with Crippen molar-refractivity contribution in [3.8, 4) is 0 Å². The van der Waals surface area contributed by atoms with E-state index in [1.54, 1.807) is 7.05 Å². The normalized spacial score (nSPS) is 11.9. The van der Waals surface area contributed by atoms with E-state index in [1.165, 1.54) is 32.0 Å². The van der Waals surface area contributed by atoms with Crippen molar-refractivity contribution in [3.63, 3.8) is 0 Å². The third-order valence-corrected chi connectivity index (χ3v) is 5.22. The number of aromatic nitrogens is 8. The molecule has 0 spiro atoms. The molecule has 0 saturated carbocycles. The molecule has 16 nitrogen and oxygen atoms in total. The number of hydrogen-bond donors (Lipinski definition) is 4. The van der Waals surface area contributed by atoms with Crippen LogP contribution in [0.4, 0.5) is 0 Å². The predicted molar refractivity (Wildman–Crippen MR) is 119 cm³/mol. The Morgan fingerprint density at radius 1 is 0.882 bits per heavy atom. The first-order chi connectivity index (χ1) is 15.9. The second kappa shape index (κ2) is 8.64. The van der Waals surface area contributed by atoms with Crippen LogP contribution in [0.25, 0.3) is 22.3 Å². The molecule has 16 heteroatoms. The number of H-pyrrole nitrogens is 2. The van der Waals surface area contributed by atoms with Gasteiger partial charge in [0.15, 0.2) is 11.3 Å². The summed E-state index contributed by atoms with van der Waals surface area (Å²) in [4.78, 5) is 82.3. The number of nitrogens with zero attached hydrogens (tertiary/aromatic N) is 6. The third-order valence-electron chi connectivity index (χ3n) is 5.22. The number of nitrogens with one attached hydrogen (secondary N) is 2. The molecule has 6 N–H and O–H groups in total. The molecule has 0 aliphatic rings. The van der Waals surface area contributed by atoms with E-state index in [0.29, 0.717) is 11.2 Å². The van der Waals surface area contributed by atoms with Gasteiger partial charge in [0.25, 0.3) is 11.1 Å². The zero-order valence-corrected chi connectivity index (χ0v) is 18.6. The molecule has 4 heterocycles. The summed E-state index contributed by atoms with van der Waals surface area (Å²) in [5, 5.41) is 0. The number of carbonyl (C=O) groups excluding carboxylic acids is 2. The maximum atomic E-state index is 12.0. The van der Waals surface area contributed by atoms with Crippen molar-refractivity contribution in [2.45, 2.75) is 12.3 Å². The second-order valence-electron chi connectivity index (χ2n) is 7.46. The van der Waals surface area contributed by atoms with Crippen LogP contribution >= 0.6 is 0 Å². The summed E-state index contributed by atoms with van der Waals surface area (Å²) in [7, 11) is 5.76. The fraction of sp³-hybridized carbons (Fsp3) is 0.333. The second-order valence-corrected chi connectivity index (χ2v) is 7.46. The van der Waals surface area contributed by atoms with Crippen LogP contribution in [0, 0.1) is 0 Å². The first-order valence-corrected chi connectivity index (χ1v) is 9.69. The maximum Gasteiger partial charge on any atom is 0.332 e. The molecule has 4 aromatic rings. The minimum absolute atomic E-state index is 0.0228. The van der Waals surface area contributed by atoms with Gasteiger partial charge in [-0.1, -0.05) is 0 Å². The number of amides is 2. The van der Waals surface area contributed by atoms with E-state index < -0.39 is 29.0 Å². The molecule has 0 aliphatic carbocycles. The minimum Gasteiger partial charge on any atom is -0.370 e. The number of nitrogens with two attached hydrogens (primary N) is 2. The molecule has 4 aromatic heterocycles. The fourth-order valence-electron chi connectivity index (χ4n) is 3.31. The van der Waals surface area contributed by atoms with Gasteiger partial charge in [-0.05, 0) is 0 Å². The lowest BCUT2D eigenvalue weighted by Crippen LogP contribution is -2.36. The first kappa shape index (κ1) is 23.9. The van der Waals surface area contributed by atoms with Crippen LogP contribution in [0.1, 0.15) is 18.2 Å². The van der Waals surface area contributed by atoms with Gasteiger partial charge in [-0.3, -0.25) is 37.4 Å². The van der Waals surface area contributed by atoms with Crippen LogP contribution in [0.15, 0.2) is 25.5 Å². The molecule has 0 aromatic carbocycles. The zero-order chi connectivity index (χ0) is 25.5. The number of hydrogen-bond acceptors (Lipinski definition) is 8. The van der Waals surface area contributed by atoms with Crippen molar-refractivity contribution >= 4 is 34.1 Å². The van der Waals surface area contributed by atoms with Crippen molar-refractivity contribution in [1.29, 1.82) is 0 Å². The number of carbonyl (C=O) groups is 2. The van der Waals surface area contributed by atoms with Gasteiger partial charge in [-0.15, -0.1) is 0 Å². The van der Waals surface area contributed by atoms with Crippen LogP contribution in [0.5, 0.6) is 0 Å². The molecule has 0 bridgehead atoms. The molecule has 0 fully saturated rings. The Morgan fingerprint density at radius 2 is 1.41 bits per heavy atom. The molecule has 0 saturated heterocycles. The van der Waals surface area contributed by atoms with Crippen molar-refractivity contribution in [2.24, 2.45) is 39.7 Å². The van der Waals surface area contributed by atoms with Crippen LogP contribution in [0.2, 0.25) is 0 Å². The van der Waals surface area contributed by atoms with Crippen molar-refractivity contribution in [3.05, 3.63) is 53.8 Å². The van der Waals surface area contributed by atoms with E-state index in [9.17, 15) is 28.8 Å². The number of fused-ring (bicyclic) bond motifs is 2. The molecular formula is C18H22N10O6. The Hall–Kier alpha value is -4.76. The highest BCUT2D eigenvalue weighted by atomic mass is 16.2. The Morgan fingerprint density at radius 3 is 1.94 bits per heavy atom. The lowest BCUT2D eigenvalue weighted by Gasteiger charge is -2.07. The number of imidazole rings is 2. The highest BCUT2D eigenvalue weighted by molar-refractivity contribution is 5.88. The number of primary amides is 2. The Bertz CT molecular complexity index is 1680. The Kier molecular flexibility index (Phi) is 6.07. The minimum atomic E-state index is -1.09. The van der Waals surface area contributed by atoms with E-state index in [4.69, 9.17) is 11.5 Å². The lowest BCUT2D eigenvalue weighted by atomic mass is 10.0. The van der Waals surface area contributed by atoms with Gasteiger partial charge in [0.05, 0.1) is 6.33 Å². The average Bonchev–Trinajstić information content (AvgIpc) is 3.45. The molecule has 0 radical (unpaired) electrons. The molecule has 0 aliphatic heterocycles. The number of aryl methyl sites for hydroxylation is 2. The summed E-state index contributed by atoms with van der Waals surface area (Å²) in [6.45, 7) is 0. The van der Waals surface area contributed by atoms with Gasteiger partial charge >= 0.3 is 11.4 Å². The molecule has 180 valence electrons. The van der Waals surface area contributed by atoms with Gasteiger partial charge in [0.1, 0.15) is 22.8 Å². The molecule has 34 heavy (non-hydrogen) atoms. The molecule has 4 rings (SSSR count).